The molecule has 0 saturated heterocycles. The second-order valence-corrected chi connectivity index (χ2v) is 24.3. The van der Waals surface area contributed by atoms with Crippen molar-refractivity contribution in [3.8, 4) is 0 Å². The number of nitrogens with zero attached hydrogens (tertiary/aromatic N) is 2. The Kier molecular flexibility index (Phi) is 19.9. The zero-order valence-electron chi connectivity index (χ0n) is 45.1. The minimum absolute atomic E-state index is 0.248. The van der Waals surface area contributed by atoms with Crippen molar-refractivity contribution in [1.29, 1.82) is 0 Å². The third-order valence-electron chi connectivity index (χ3n) is 14.3. The molecule has 0 fully saturated rings. The first-order valence-electron chi connectivity index (χ1n) is 27.5. The molecule has 10 rings (SSSR count). The molecule has 0 unspecified atom stereocenters. The molecule has 10 nitrogen and oxygen atoms in total. The number of aromatic nitrogens is 2. The number of benzene rings is 8. The average Bonchev–Trinajstić information content (AvgIpc) is 4.21. The minimum Gasteiger partial charge on any atom is -0.374 e. The first-order chi connectivity index (χ1) is 40.3. The van der Waals surface area contributed by atoms with Gasteiger partial charge in [0.05, 0.1) is 0 Å². The maximum atomic E-state index is 14.3. The number of hydrogen-bond acceptors (Lipinski definition) is 8. The number of carbonyl (C=O) groups excluding carboxylic acids is 2. The van der Waals surface area contributed by atoms with Gasteiger partial charge in [0.15, 0.2) is 0 Å². The van der Waals surface area contributed by atoms with E-state index in [9.17, 15) is 9.59 Å². The Morgan fingerprint density at radius 3 is 1.04 bits per heavy atom. The predicted molar refractivity (Wildman–Crippen MR) is 344 cm³/mol. The van der Waals surface area contributed by atoms with Gasteiger partial charge in [-0.1, -0.05) is 246 Å². The van der Waals surface area contributed by atoms with Crippen LogP contribution in [0.25, 0.3) is 21.8 Å². The summed E-state index contributed by atoms with van der Waals surface area (Å²) in [6.45, 7) is 0.979. The van der Waals surface area contributed by atoms with Crippen LogP contribution in [0.4, 0.5) is 0 Å². The van der Waals surface area contributed by atoms with Crippen LogP contribution in [-0.4, -0.2) is 57.8 Å². The first kappa shape index (κ1) is 57.6. The number of aromatic amines is 2. The van der Waals surface area contributed by atoms with Crippen LogP contribution in [0.3, 0.4) is 0 Å². The third-order valence-corrected chi connectivity index (χ3v) is 17.9. The zero-order chi connectivity index (χ0) is 56.4. The third kappa shape index (κ3) is 13.8. The van der Waals surface area contributed by atoms with E-state index < -0.39 is 11.2 Å². The van der Waals surface area contributed by atoms with E-state index in [0.717, 1.165) is 112 Å². The van der Waals surface area contributed by atoms with E-state index in [-0.39, 0.29) is 36.1 Å². The van der Waals surface area contributed by atoms with Gasteiger partial charge in [0.1, 0.15) is 11.4 Å². The number of fused-ring (bicyclic) bond motifs is 2. The molecule has 2 aromatic heterocycles. The van der Waals surface area contributed by atoms with Gasteiger partial charge in [-0.15, -0.1) is 0 Å². The SMILES string of the molecule is O=C(NCCCCSSCCCCNC(=O)/C(Cc1c[nH]c2ccc(Br)cc12)=N/OC(c1ccccc1)(c1ccccc1)c1ccccc1)/C(Cc1c[nH]c2ccc(Br)cc12)=N/OC(c1ccccc1)(c1ccccc1)c1ccccc1. The van der Waals surface area contributed by atoms with Crippen molar-refractivity contribution in [2.75, 3.05) is 24.6 Å². The van der Waals surface area contributed by atoms with E-state index in [1.54, 1.807) is 0 Å². The number of halogens is 2. The quantitative estimate of drug-likeness (QED) is 0.0133. The molecule has 0 saturated carbocycles. The lowest BCUT2D eigenvalue weighted by atomic mass is 9.80. The summed E-state index contributed by atoms with van der Waals surface area (Å²) in [6.07, 6.45) is 7.81. The molecule has 414 valence electrons. The van der Waals surface area contributed by atoms with Gasteiger partial charge in [-0.05, 0) is 73.2 Å². The average molecular weight is 1250 g/mol. The molecule has 0 radical (unpaired) electrons. The van der Waals surface area contributed by atoms with Crippen LogP contribution in [0.2, 0.25) is 0 Å². The number of carbonyl (C=O) groups is 2. The second-order valence-electron chi connectivity index (χ2n) is 19.7. The number of H-pyrrole nitrogens is 2. The molecule has 8 aromatic carbocycles. The van der Waals surface area contributed by atoms with Crippen molar-refractivity contribution < 1.29 is 19.3 Å². The van der Waals surface area contributed by atoms with Gasteiger partial charge in [-0.3, -0.25) is 9.59 Å². The van der Waals surface area contributed by atoms with E-state index in [4.69, 9.17) is 20.0 Å². The summed E-state index contributed by atoms with van der Waals surface area (Å²) in [5.41, 5.74) is 7.36. The molecule has 14 heteroatoms. The van der Waals surface area contributed by atoms with Crippen LogP contribution in [0, 0.1) is 0 Å². The standard InChI is InChI=1S/C68H62Br2N6O4S2/c69-57-35-37-61-59(45-57)49(47-73-61)43-63(75-79-67(51-23-7-1-8-24-51,52-25-9-2-10-26-52)53-27-11-3-12-28-53)65(77)71-39-19-21-41-81-82-42-22-20-40-72-66(78)64(44-50-48-74-62-38-36-58(70)46-60(50)62)76-80-68(54-29-13-4-14-30-54,55-31-15-5-16-32-55)56-33-17-6-18-34-56/h1-18,23-38,45-48,73-74H,19-22,39-44H2,(H,71,77)(H,72,78)/b75-63+,76-64+. The van der Waals surface area contributed by atoms with Crippen molar-refractivity contribution in [3.63, 3.8) is 0 Å². The summed E-state index contributed by atoms with van der Waals surface area (Å²) in [6, 6.07) is 72.4. The Morgan fingerprint density at radius 1 is 0.427 bits per heavy atom. The van der Waals surface area contributed by atoms with Crippen LogP contribution < -0.4 is 10.6 Å². The molecule has 0 spiro atoms. The van der Waals surface area contributed by atoms with Gasteiger partial charge in [0.25, 0.3) is 11.8 Å². The van der Waals surface area contributed by atoms with E-state index in [2.05, 4.69) is 64.6 Å². The Morgan fingerprint density at radius 2 is 0.732 bits per heavy atom. The van der Waals surface area contributed by atoms with Gasteiger partial charge < -0.3 is 30.3 Å². The molecule has 4 N–H and O–H groups in total. The first-order valence-corrected chi connectivity index (χ1v) is 31.5. The van der Waals surface area contributed by atoms with Gasteiger partial charge in [-0.2, -0.15) is 0 Å². The number of nitrogens with one attached hydrogen (secondary N) is 4. The topological polar surface area (TPSA) is 133 Å². The zero-order valence-corrected chi connectivity index (χ0v) is 49.9. The van der Waals surface area contributed by atoms with Gasteiger partial charge >= 0.3 is 0 Å². The molecular formula is C68H62Br2N6O4S2. The summed E-state index contributed by atoms with van der Waals surface area (Å²) in [4.78, 5) is 49.0. The van der Waals surface area contributed by atoms with E-state index in [1.807, 2.05) is 240 Å². The lowest BCUT2D eigenvalue weighted by Crippen LogP contribution is -2.36. The summed E-state index contributed by atoms with van der Waals surface area (Å²) >= 11 is 7.27. The molecule has 2 amide bonds. The van der Waals surface area contributed by atoms with E-state index in [0.29, 0.717) is 13.1 Å². The maximum absolute atomic E-state index is 14.3. The molecule has 0 atom stereocenters. The fourth-order valence-electron chi connectivity index (χ4n) is 10.2. The fourth-order valence-corrected chi connectivity index (χ4v) is 13.2. The number of unbranched alkanes of at least 4 members (excludes halogenated alkanes) is 2. The number of hydrogen-bond donors (Lipinski definition) is 4. The van der Waals surface area contributed by atoms with E-state index >= 15 is 0 Å². The lowest BCUT2D eigenvalue weighted by Gasteiger charge is -2.33. The summed E-state index contributed by atoms with van der Waals surface area (Å²) < 4.78 is 1.89. The molecular weight excluding hydrogens is 1190 g/mol. The monoisotopic (exact) mass is 1250 g/mol. The molecule has 82 heavy (non-hydrogen) atoms. The molecule has 10 aromatic rings. The van der Waals surface area contributed by atoms with Crippen molar-refractivity contribution in [3.05, 3.63) is 284 Å². The van der Waals surface area contributed by atoms with Gasteiger partial charge in [0.2, 0.25) is 11.2 Å². The maximum Gasteiger partial charge on any atom is 0.269 e. The second kappa shape index (κ2) is 28.4. The van der Waals surface area contributed by atoms with Crippen molar-refractivity contribution in [2.45, 2.75) is 49.7 Å². The number of oxime groups is 2. The Balaban J connectivity index is 0.748. The largest absolute Gasteiger partial charge is 0.374 e. The molecule has 0 aliphatic rings. The molecule has 0 aliphatic heterocycles. The van der Waals surface area contributed by atoms with Crippen LogP contribution in [0.1, 0.15) is 70.2 Å². The van der Waals surface area contributed by atoms with Crippen LogP contribution >= 0.6 is 53.4 Å². The highest BCUT2D eigenvalue weighted by molar-refractivity contribution is 9.10. The van der Waals surface area contributed by atoms with Crippen molar-refractivity contribution in [2.24, 2.45) is 10.3 Å². The highest BCUT2D eigenvalue weighted by Gasteiger charge is 2.41. The Hall–Kier alpha value is -7.62. The number of rotatable bonds is 27. The Labute approximate surface area is 503 Å². The molecule has 0 bridgehead atoms. The predicted octanol–water partition coefficient (Wildman–Crippen LogP) is 15.9. The van der Waals surface area contributed by atoms with Crippen molar-refractivity contribution >= 4 is 98.5 Å². The number of amides is 2. The summed E-state index contributed by atoms with van der Waals surface area (Å²) in [7, 11) is 3.66. The van der Waals surface area contributed by atoms with Crippen molar-refractivity contribution in [1.82, 2.24) is 20.6 Å². The molecule has 2 heterocycles. The fraction of sp³-hybridized carbons (Fsp3) is 0.176. The summed E-state index contributed by atoms with van der Waals surface area (Å²) in [5.74, 6) is 1.30. The van der Waals surface area contributed by atoms with Crippen LogP contribution in [0.15, 0.2) is 250 Å². The normalized spacial score (nSPS) is 12.1. The molecule has 0 aliphatic carbocycles. The van der Waals surface area contributed by atoms with Crippen LogP contribution in [-0.2, 0) is 43.3 Å². The minimum atomic E-state index is -1.14. The highest BCUT2D eigenvalue weighted by atomic mass is 79.9. The lowest BCUT2D eigenvalue weighted by molar-refractivity contribution is -0.116. The summed E-state index contributed by atoms with van der Waals surface area (Å²) in [5, 5.41) is 18.0. The van der Waals surface area contributed by atoms with E-state index in [1.165, 1.54) is 0 Å². The highest BCUT2D eigenvalue weighted by Crippen LogP contribution is 2.42. The Bertz CT molecular complexity index is 3300. The van der Waals surface area contributed by atoms with Gasteiger partial charge in [0, 0.05) is 114 Å². The van der Waals surface area contributed by atoms with Crippen LogP contribution in [0.5, 0.6) is 0 Å². The van der Waals surface area contributed by atoms with Gasteiger partial charge in [-0.25, -0.2) is 0 Å². The smallest absolute Gasteiger partial charge is 0.269 e.